The van der Waals surface area contributed by atoms with Gasteiger partial charge in [-0.3, -0.25) is 14.4 Å². The van der Waals surface area contributed by atoms with Crippen molar-refractivity contribution in [3.63, 3.8) is 0 Å². The Kier molecular flexibility index (Phi) is 5.48. The number of rotatable bonds is 5. The van der Waals surface area contributed by atoms with Crippen LogP contribution in [-0.4, -0.2) is 41.1 Å². The lowest BCUT2D eigenvalue weighted by molar-refractivity contribution is -0.123. The summed E-state index contributed by atoms with van der Waals surface area (Å²) in [4.78, 5) is 56.8. The number of esters is 1. The molecule has 37 heavy (non-hydrogen) atoms. The SMILES string of the molecule is CCOC(=O)c1ccc(N2C(=O)[C@@H]3[C@H](C2=O)[C@H]2c4ccccc4C=CN2[C@H]3C(=O)c2ccccc2)cc1. The molecule has 0 N–H and O–H groups in total. The van der Waals surface area contributed by atoms with Gasteiger partial charge >= 0.3 is 5.97 Å². The summed E-state index contributed by atoms with van der Waals surface area (Å²) in [5, 5.41) is 0. The summed E-state index contributed by atoms with van der Waals surface area (Å²) in [5.74, 6) is -2.98. The highest BCUT2D eigenvalue weighted by molar-refractivity contribution is 6.24. The molecule has 6 rings (SSSR count). The van der Waals surface area contributed by atoms with Gasteiger partial charge in [0.1, 0.15) is 6.04 Å². The van der Waals surface area contributed by atoms with E-state index < -0.39 is 35.8 Å². The number of benzene rings is 3. The molecule has 184 valence electrons. The van der Waals surface area contributed by atoms with Crippen molar-refractivity contribution >= 4 is 35.3 Å². The van der Waals surface area contributed by atoms with E-state index >= 15 is 0 Å². The number of hydrogen-bond acceptors (Lipinski definition) is 6. The minimum Gasteiger partial charge on any atom is -0.462 e. The zero-order valence-electron chi connectivity index (χ0n) is 20.1. The third-order valence-corrected chi connectivity index (χ3v) is 7.43. The van der Waals surface area contributed by atoms with E-state index in [0.717, 1.165) is 11.1 Å². The maximum absolute atomic E-state index is 13.9. The van der Waals surface area contributed by atoms with Crippen molar-refractivity contribution in [2.24, 2.45) is 11.8 Å². The van der Waals surface area contributed by atoms with E-state index in [9.17, 15) is 19.2 Å². The summed E-state index contributed by atoms with van der Waals surface area (Å²) < 4.78 is 5.04. The lowest BCUT2D eigenvalue weighted by Gasteiger charge is -2.35. The average Bonchev–Trinajstić information content (AvgIpc) is 3.41. The second-order valence-electron chi connectivity index (χ2n) is 9.34. The second kappa shape index (κ2) is 8.85. The molecular formula is C30H24N2O5. The molecule has 0 radical (unpaired) electrons. The van der Waals surface area contributed by atoms with Crippen LogP contribution in [0.1, 0.15) is 44.8 Å². The van der Waals surface area contributed by atoms with Gasteiger partial charge in [-0.1, -0.05) is 54.6 Å². The van der Waals surface area contributed by atoms with E-state index in [-0.39, 0.29) is 18.3 Å². The second-order valence-corrected chi connectivity index (χ2v) is 9.34. The summed E-state index contributed by atoms with van der Waals surface area (Å²) in [5.41, 5.74) is 3.09. The first-order valence-corrected chi connectivity index (χ1v) is 12.3. The first-order chi connectivity index (χ1) is 18.0. The highest BCUT2D eigenvalue weighted by atomic mass is 16.5. The van der Waals surface area contributed by atoms with E-state index in [0.29, 0.717) is 16.8 Å². The zero-order chi connectivity index (χ0) is 25.7. The lowest BCUT2D eigenvalue weighted by Crippen LogP contribution is -2.44. The van der Waals surface area contributed by atoms with Gasteiger partial charge in [0.25, 0.3) is 0 Å². The van der Waals surface area contributed by atoms with Crippen LogP contribution >= 0.6 is 0 Å². The highest BCUT2D eigenvalue weighted by Crippen LogP contribution is 2.53. The van der Waals surface area contributed by atoms with Crippen LogP contribution in [0.3, 0.4) is 0 Å². The van der Waals surface area contributed by atoms with Crippen LogP contribution in [0, 0.1) is 11.8 Å². The van der Waals surface area contributed by atoms with Gasteiger partial charge in [-0.05, 0) is 48.4 Å². The smallest absolute Gasteiger partial charge is 0.338 e. The minimum atomic E-state index is -0.842. The summed E-state index contributed by atoms with van der Waals surface area (Å²) in [6.07, 6.45) is 3.77. The number of Topliss-reactive ketones (excluding diaryl/α,β-unsaturated/α-hetero) is 1. The monoisotopic (exact) mass is 492 g/mol. The molecule has 2 amide bonds. The van der Waals surface area contributed by atoms with Gasteiger partial charge in [0.15, 0.2) is 5.78 Å². The summed E-state index contributed by atoms with van der Waals surface area (Å²) in [7, 11) is 0. The molecule has 3 aliphatic heterocycles. The van der Waals surface area contributed by atoms with Crippen LogP contribution in [0.4, 0.5) is 5.69 Å². The topological polar surface area (TPSA) is 84.0 Å². The van der Waals surface area contributed by atoms with E-state index in [1.165, 1.54) is 4.90 Å². The van der Waals surface area contributed by atoms with Crippen LogP contribution in [0.5, 0.6) is 0 Å². The molecule has 2 saturated heterocycles. The molecule has 0 spiro atoms. The van der Waals surface area contributed by atoms with Gasteiger partial charge in [-0.15, -0.1) is 0 Å². The molecule has 3 aromatic carbocycles. The highest BCUT2D eigenvalue weighted by Gasteiger charge is 2.64. The quantitative estimate of drug-likeness (QED) is 0.301. The van der Waals surface area contributed by atoms with Crippen molar-refractivity contribution in [3.05, 3.63) is 107 Å². The summed E-state index contributed by atoms with van der Waals surface area (Å²) in [6.45, 7) is 1.97. The molecule has 0 bridgehead atoms. The van der Waals surface area contributed by atoms with Crippen LogP contribution < -0.4 is 4.90 Å². The van der Waals surface area contributed by atoms with Crippen molar-refractivity contribution in [1.29, 1.82) is 0 Å². The van der Waals surface area contributed by atoms with Gasteiger partial charge < -0.3 is 9.64 Å². The Morgan fingerprint density at radius 3 is 2.22 bits per heavy atom. The lowest BCUT2D eigenvalue weighted by atomic mass is 9.83. The van der Waals surface area contributed by atoms with Gasteiger partial charge in [-0.2, -0.15) is 0 Å². The number of carbonyl (C=O) groups excluding carboxylic acids is 4. The number of anilines is 1. The molecule has 7 nitrogen and oxygen atoms in total. The average molecular weight is 493 g/mol. The molecule has 3 heterocycles. The zero-order valence-corrected chi connectivity index (χ0v) is 20.1. The van der Waals surface area contributed by atoms with Crippen molar-refractivity contribution in [2.75, 3.05) is 11.5 Å². The number of hydrogen-bond donors (Lipinski definition) is 0. The number of ether oxygens (including phenoxy) is 1. The Labute approximate surface area is 213 Å². The van der Waals surface area contributed by atoms with Crippen molar-refractivity contribution in [3.8, 4) is 0 Å². The summed E-state index contributed by atoms with van der Waals surface area (Å²) in [6, 6.07) is 21.6. The molecular weight excluding hydrogens is 468 g/mol. The van der Waals surface area contributed by atoms with Gasteiger partial charge in [0.2, 0.25) is 11.8 Å². The maximum Gasteiger partial charge on any atom is 0.338 e. The molecule has 0 unspecified atom stereocenters. The standard InChI is InChI=1S/C30H24N2O5/c1-2-37-30(36)20-12-14-21(15-13-20)32-28(34)23-24(29(32)35)26(27(33)19-9-4-3-5-10-19)31-17-16-18-8-6-7-11-22(18)25(23)31/h3-17,23-26H,2H2,1H3/t23-,24+,25+,26+/m0/s1. The fourth-order valence-corrected chi connectivity index (χ4v) is 5.85. The van der Waals surface area contributed by atoms with Crippen molar-refractivity contribution in [2.45, 2.75) is 19.0 Å². The number of amides is 2. The number of carbonyl (C=O) groups is 4. The predicted octanol–water partition coefficient (Wildman–Crippen LogP) is 4.26. The number of imide groups is 1. The Hall–Kier alpha value is -4.52. The fourth-order valence-electron chi connectivity index (χ4n) is 5.85. The van der Waals surface area contributed by atoms with Gasteiger partial charge in [0.05, 0.1) is 35.7 Å². The van der Waals surface area contributed by atoms with Crippen molar-refractivity contribution in [1.82, 2.24) is 4.90 Å². The maximum atomic E-state index is 13.9. The first-order valence-electron chi connectivity index (χ1n) is 12.3. The van der Waals surface area contributed by atoms with E-state index in [2.05, 4.69) is 0 Å². The Bertz CT molecular complexity index is 1450. The van der Waals surface area contributed by atoms with E-state index in [1.54, 1.807) is 55.5 Å². The van der Waals surface area contributed by atoms with Crippen molar-refractivity contribution < 1.29 is 23.9 Å². The van der Waals surface area contributed by atoms with Gasteiger partial charge in [-0.25, -0.2) is 9.69 Å². The minimum absolute atomic E-state index is 0.192. The molecule has 2 fully saturated rings. The third-order valence-electron chi connectivity index (χ3n) is 7.43. The molecule has 3 aromatic rings. The van der Waals surface area contributed by atoms with Crippen LogP contribution in [0.25, 0.3) is 6.08 Å². The van der Waals surface area contributed by atoms with Crippen LogP contribution in [0.15, 0.2) is 85.1 Å². The summed E-state index contributed by atoms with van der Waals surface area (Å²) >= 11 is 0. The third kappa shape index (κ3) is 3.49. The predicted molar refractivity (Wildman–Crippen MR) is 136 cm³/mol. The Morgan fingerprint density at radius 1 is 0.811 bits per heavy atom. The molecule has 7 heteroatoms. The number of ketones is 1. The van der Waals surface area contributed by atoms with Crippen LogP contribution in [-0.2, 0) is 14.3 Å². The number of fused-ring (bicyclic) bond motifs is 5. The fraction of sp³-hybridized carbons (Fsp3) is 0.200. The van der Waals surface area contributed by atoms with Crippen LogP contribution in [0.2, 0.25) is 0 Å². The Balaban J connectivity index is 1.43. The number of nitrogens with zero attached hydrogens (tertiary/aromatic N) is 2. The Morgan fingerprint density at radius 2 is 1.49 bits per heavy atom. The largest absolute Gasteiger partial charge is 0.462 e. The van der Waals surface area contributed by atoms with E-state index in [4.69, 9.17) is 4.74 Å². The molecule has 0 saturated carbocycles. The van der Waals surface area contributed by atoms with E-state index in [1.807, 2.05) is 47.5 Å². The molecule has 3 aliphatic rings. The molecule has 4 atom stereocenters. The molecule has 0 aromatic heterocycles. The molecule has 0 aliphatic carbocycles. The first kappa shape index (κ1) is 22.9. The normalized spacial score (nSPS) is 23.5. The van der Waals surface area contributed by atoms with Gasteiger partial charge in [0, 0.05) is 11.8 Å².